The molecule has 0 aromatic heterocycles. The van der Waals surface area contributed by atoms with Crippen LogP contribution in [-0.4, -0.2) is 68.6 Å². The van der Waals surface area contributed by atoms with E-state index < -0.39 is 0 Å². The first kappa shape index (κ1) is 8.97. The van der Waals surface area contributed by atoms with Crippen molar-refractivity contribution in [3.63, 3.8) is 0 Å². The molecule has 0 unspecified atom stereocenters. The maximum atomic E-state index is 4.65. The number of hydrogen-bond acceptors (Lipinski definition) is 4. The quantitative estimate of drug-likeness (QED) is 0.514. The fourth-order valence-corrected chi connectivity index (χ4v) is 1.78. The van der Waals surface area contributed by atoms with Crippen molar-refractivity contribution in [1.82, 2.24) is 9.80 Å². The van der Waals surface area contributed by atoms with Gasteiger partial charge < -0.3 is 4.74 Å². The van der Waals surface area contributed by atoms with Gasteiger partial charge in [0.15, 0.2) is 6.40 Å². The first-order valence-corrected chi connectivity index (χ1v) is 5.00. The monoisotopic (exact) mass is 183 g/mol. The molecule has 0 N–H and O–H groups in total. The van der Waals surface area contributed by atoms with Crippen molar-refractivity contribution in [2.24, 2.45) is 4.99 Å². The molecule has 0 aromatic carbocycles. The summed E-state index contributed by atoms with van der Waals surface area (Å²) in [6, 6.07) is 0. The summed E-state index contributed by atoms with van der Waals surface area (Å²) < 4.78 is 4.65. The highest BCUT2D eigenvalue weighted by Crippen LogP contribution is 2.06. The Hall–Kier alpha value is -0.610. The van der Waals surface area contributed by atoms with Gasteiger partial charge >= 0.3 is 0 Å². The van der Waals surface area contributed by atoms with Crippen LogP contribution in [0.15, 0.2) is 4.99 Å². The van der Waals surface area contributed by atoms with E-state index in [0.29, 0.717) is 0 Å². The second kappa shape index (κ2) is 4.58. The van der Waals surface area contributed by atoms with Crippen LogP contribution in [0.2, 0.25) is 0 Å². The lowest BCUT2D eigenvalue weighted by atomic mass is 10.2. The molecular formula is C9H17N3O. The van der Waals surface area contributed by atoms with Gasteiger partial charge in [-0.15, -0.1) is 0 Å². The van der Waals surface area contributed by atoms with Crippen molar-refractivity contribution in [3.05, 3.63) is 0 Å². The first-order valence-electron chi connectivity index (χ1n) is 5.00. The molecule has 4 aliphatic heterocycles. The van der Waals surface area contributed by atoms with E-state index in [4.69, 9.17) is 0 Å². The molecule has 4 aliphatic rings. The van der Waals surface area contributed by atoms with Crippen LogP contribution in [0, 0.1) is 0 Å². The number of aliphatic imine (C=N–C) groups is 1. The van der Waals surface area contributed by atoms with Gasteiger partial charge in [-0.1, -0.05) is 0 Å². The van der Waals surface area contributed by atoms with Crippen LogP contribution >= 0.6 is 0 Å². The van der Waals surface area contributed by atoms with E-state index >= 15 is 0 Å². The minimum atomic E-state index is 0.778. The Balaban J connectivity index is 0.000000113. The maximum absolute atomic E-state index is 4.65. The Morgan fingerprint density at radius 2 is 1.46 bits per heavy atom. The van der Waals surface area contributed by atoms with Crippen LogP contribution in [0.5, 0.6) is 0 Å². The normalized spacial score (nSPS) is 35.1. The standard InChI is InChI=1S/C6H12N2.C3H5NO/c1-2-8-5-3-7(1)4-6-8;1-2-5-3-4-1/h1-6H2;3H,1-2H2. The summed E-state index contributed by atoms with van der Waals surface area (Å²) in [4.78, 5) is 8.82. The molecule has 0 saturated carbocycles. The Bertz CT molecular complexity index is 147. The lowest BCUT2D eigenvalue weighted by Crippen LogP contribution is -2.55. The fraction of sp³-hybridized carbons (Fsp3) is 0.889. The average Bonchev–Trinajstić information content (AvgIpc) is 2.79. The zero-order valence-electron chi connectivity index (χ0n) is 7.98. The molecule has 74 valence electrons. The SMILES string of the molecule is C1=NCCO1.C1CN2CCN1CC2. The van der Waals surface area contributed by atoms with E-state index in [1.54, 1.807) is 0 Å². The maximum Gasteiger partial charge on any atom is 0.169 e. The van der Waals surface area contributed by atoms with Gasteiger partial charge in [0.05, 0.1) is 6.54 Å². The topological polar surface area (TPSA) is 28.1 Å². The van der Waals surface area contributed by atoms with E-state index in [1.165, 1.54) is 45.7 Å². The minimum absolute atomic E-state index is 0.778. The number of rotatable bonds is 0. The van der Waals surface area contributed by atoms with Crippen LogP contribution in [0.4, 0.5) is 0 Å². The highest BCUT2D eigenvalue weighted by Gasteiger charge is 2.21. The smallest absolute Gasteiger partial charge is 0.169 e. The predicted octanol–water partition coefficient (Wildman–Crippen LogP) is -0.337. The van der Waals surface area contributed by atoms with Crippen LogP contribution in [0.3, 0.4) is 0 Å². The average molecular weight is 183 g/mol. The molecule has 0 aromatic rings. The molecule has 0 amide bonds. The lowest BCUT2D eigenvalue weighted by Gasteiger charge is -2.41. The molecule has 3 fully saturated rings. The van der Waals surface area contributed by atoms with Gasteiger partial charge in [-0.2, -0.15) is 0 Å². The van der Waals surface area contributed by atoms with Crippen LogP contribution in [-0.2, 0) is 4.74 Å². The molecule has 13 heavy (non-hydrogen) atoms. The summed E-state index contributed by atoms with van der Waals surface area (Å²) in [5, 5.41) is 0. The molecular weight excluding hydrogens is 166 g/mol. The first-order chi connectivity index (χ1) is 6.45. The predicted molar refractivity (Wildman–Crippen MR) is 52.2 cm³/mol. The van der Waals surface area contributed by atoms with Crippen LogP contribution in [0.1, 0.15) is 0 Å². The molecule has 0 aliphatic carbocycles. The molecule has 4 nitrogen and oxygen atoms in total. The van der Waals surface area contributed by atoms with Gasteiger partial charge in [-0.25, -0.2) is 0 Å². The molecule has 2 bridgehead atoms. The molecule has 0 atom stereocenters. The molecule has 4 heterocycles. The van der Waals surface area contributed by atoms with Crippen molar-refractivity contribution < 1.29 is 4.74 Å². The molecule has 3 saturated heterocycles. The summed E-state index contributed by atoms with van der Waals surface area (Å²) >= 11 is 0. The fourth-order valence-electron chi connectivity index (χ4n) is 1.78. The summed E-state index contributed by atoms with van der Waals surface area (Å²) in [5.41, 5.74) is 0. The third-order valence-electron chi connectivity index (χ3n) is 2.68. The minimum Gasteiger partial charge on any atom is -0.482 e. The Morgan fingerprint density at radius 3 is 1.62 bits per heavy atom. The van der Waals surface area contributed by atoms with E-state index in [1.807, 2.05) is 0 Å². The summed E-state index contributed by atoms with van der Waals surface area (Å²) in [5.74, 6) is 0. The van der Waals surface area contributed by atoms with Crippen molar-refractivity contribution in [2.45, 2.75) is 0 Å². The molecule has 4 rings (SSSR count). The second-order valence-corrected chi connectivity index (χ2v) is 3.57. The number of ether oxygens (including phenoxy) is 1. The molecule has 4 heteroatoms. The van der Waals surface area contributed by atoms with Crippen molar-refractivity contribution in [2.75, 3.05) is 52.4 Å². The van der Waals surface area contributed by atoms with Gasteiger partial charge in [-0.3, -0.25) is 14.8 Å². The third kappa shape index (κ3) is 2.67. The zero-order chi connectivity index (χ0) is 8.93. The number of fused-ring (bicyclic) bond motifs is 3. The largest absolute Gasteiger partial charge is 0.482 e. The van der Waals surface area contributed by atoms with E-state index in [0.717, 1.165) is 13.2 Å². The Labute approximate surface area is 79.2 Å². The van der Waals surface area contributed by atoms with Crippen LogP contribution < -0.4 is 0 Å². The Kier molecular flexibility index (Phi) is 3.16. The van der Waals surface area contributed by atoms with Gasteiger partial charge in [0.25, 0.3) is 0 Å². The summed E-state index contributed by atoms with van der Waals surface area (Å²) in [7, 11) is 0. The Morgan fingerprint density at radius 1 is 0.923 bits per heavy atom. The highest BCUT2D eigenvalue weighted by atomic mass is 16.5. The number of piperazine rings is 3. The van der Waals surface area contributed by atoms with E-state index in [2.05, 4.69) is 19.5 Å². The van der Waals surface area contributed by atoms with Gasteiger partial charge in [0.1, 0.15) is 6.61 Å². The lowest BCUT2D eigenvalue weighted by molar-refractivity contribution is 0.0647. The molecule has 0 radical (unpaired) electrons. The van der Waals surface area contributed by atoms with Crippen molar-refractivity contribution >= 4 is 6.40 Å². The van der Waals surface area contributed by atoms with E-state index in [-0.39, 0.29) is 0 Å². The number of nitrogens with zero attached hydrogens (tertiary/aromatic N) is 3. The summed E-state index contributed by atoms with van der Waals surface area (Å²) in [6.07, 6.45) is 1.49. The van der Waals surface area contributed by atoms with Crippen molar-refractivity contribution in [3.8, 4) is 0 Å². The van der Waals surface area contributed by atoms with E-state index in [9.17, 15) is 0 Å². The zero-order valence-corrected chi connectivity index (χ0v) is 7.98. The summed E-state index contributed by atoms with van der Waals surface area (Å²) in [6.45, 7) is 9.54. The highest BCUT2D eigenvalue weighted by molar-refractivity contribution is 5.47. The molecule has 0 spiro atoms. The third-order valence-corrected chi connectivity index (χ3v) is 2.68. The van der Waals surface area contributed by atoms with Crippen LogP contribution in [0.25, 0.3) is 0 Å². The number of hydrogen-bond donors (Lipinski definition) is 0. The van der Waals surface area contributed by atoms with Crippen molar-refractivity contribution in [1.29, 1.82) is 0 Å². The van der Waals surface area contributed by atoms with Gasteiger partial charge in [-0.05, 0) is 0 Å². The van der Waals surface area contributed by atoms with Gasteiger partial charge in [0.2, 0.25) is 0 Å². The second-order valence-electron chi connectivity index (χ2n) is 3.57. The van der Waals surface area contributed by atoms with Gasteiger partial charge in [0, 0.05) is 39.3 Å².